The highest BCUT2D eigenvalue weighted by Crippen LogP contribution is 2.16. The first kappa shape index (κ1) is 66.1. The third-order valence-electron chi connectivity index (χ3n) is 13.9. The largest absolute Gasteiger partial charge is 0.466 e. The zero-order valence-corrected chi connectivity index (χ0v) is 45.6. The molecule has 0 radical (unpaired) electrons. The number of amides is 1. The van der Waals surface area contributed by atoms with Gasteiger partial charge >= 0.3 is 5.97 Å². The number of carbonyl (C=O) groups excluding carboxylic acids is 2. The zero-order chi connectivity index (χ0) is 49.3. The lowest BCUT2D eigenvalue weighted by atomic mass is 10.0. The van der Waals surface area contributed by atoms with Crippen LogP contribution in [0.25, 0.3) is 0 Å². The quantitative estimate of drug-likeness (QED) is 0.0321. The van der Waals surface area contributed by atoms with Crippen molar-refractivity contribution in [2.45, 2.75) is 334 Å². The van der Waals surface area contributed by atoms with Crippen molar-refractivity contribution in [3.8, 4) is 0 Å². The van der Waals surface area contributed by atoms with Crippen LogP contribution in [0.5, 0.6) is 0 Å². The van der Waals surface area contributed by atoms with E-state index < -0.39 is 12.1 Å². The van der Waals surface area contributed by atoms with Crippen molar-refractivity contribution in [3.05, 3.63) is 36.5 Å². The molecule has 2 atom stereocenters. The maximum Gasteiger partial charge on any atom is 0.305 e. The van der Waals surface area contributed by atoms with Crippen LogP contribution in [-0.4, -0.2) is 47.4 Å². The van der Waals surface area contributed by atoms with Gasteiger partial charge in [0.25, 0.3) is 0 Å². The minimum Gasteiger partial charge on any atom is -0.466 e. The highest BCUT2D eigenvalue weighted by molar-refractivity contribution is 5.76. The molecule has 0 aromatic heterocycles. The molecule has 0 aromatic carbocycles. The summed E-state index contributed by atoms with van der Waals surface area (Å²) >= 11 is 0. The van der Waals surface area contributed by atoms with E-state index in [1.165, 1.54) is 250 Å². The number of aliphatic hydroxyl groups is 2. The van der Waals surface area contributed by atoms with Crippen LogP contribution in [0.2, 0.25) is 0 Å². The Balaban J connectivity index is 3.38. The second kappa shape index (κ2) is 57.7. The van der Waals surface area contributed by atoms with Gasteiger partial charge in [-0.05, 0) is 83.5 Å². The lowest BCUT2D eigenvalue weighted by Crippen LogP contribution is -2.45. The minimum absolute atomic E-state index is 0.00886. The number of rotatable bonds is 56. The molecule has 0 aromatic rings. The summed E-state index contributed by atoms with van der Waals surface area (Å²) in [5.74, 6) is -0.0663. The van der Waals surface area contributed by atoms with Gasteiger partial charge in [-0.25, -0.2) is 0 Å². The third kappa shape index (κ3) is 53.4. The highest BCUT2D eigenvalue weighted by atomic mass is 16.5. The molecule has 0 saturated heterocycles. The summed E-state index contributed by atoms with van der Waals surface area (Å²) in [6, 6.07) is -0.629. The van der Waals surface area contributed by atoms with Gasteiger partial charge in [0.05, 0.1) is 25.4 Å². The topological polar surface area (TPSA) is 95.9 Å². The number of hydrogen-bond acceptors (Lipinski definition) is 5. The molecule has 68 heavy (non-hydrogen) atoms. The number of carbonyl (C=O) groups is 2. The number of esters is 1. The van der Waals surface area contributed by atoms with Gasteiger partial charge in [-0.2, -0.15) is 0 Å². The Hall–Kier alpha value is -1.92. The summed E-state index contributed by atoms with van der Waals surface area (Å²) in [6.07, 6.45) is 71.9. The van der Waals surface area contributed by atoms with E-state index in [1.807, 2.05) is 6.08 Å². The molecular formula is C62H117NO5. The monoisotopic (exact) mass is 956 g/mol. The van der Waals surface area contributed by atoms with E-state index in [4.69, 9.17) is 4.74 Å². The lowest BCUT2D eigenvalue weighted by Gasteiger charge is -2.20. The van der Waals surface area contributed by atoms with Crippen molar-refractivity contribution >= 4 is 11.9 Å². The highest BCUT2D eigenvalue weighted by Gasteiger charge is 2.18. The van der Waals surface area contributed by atoms with Gasteiger partial charge in [0.1, 0.15) is 0 Å². The predicted molar refractivity (Wildman–Crippen MR) is 296 cm³/mol. The van der Waals surface area contributed by atoms with Crippen LogP contribution in [0, 0.1) is 0 Å². The van der Waals surface area contributed by atoms with Crippen LogP contribution >= 0.6 is 0 Å². The van der Waals surface area contributed by atoms with Crippen LogP contribution in [0.15, 0.2) is 36.5 Å². The van der Waals surface area contributed by atoms with E-state index in [0.717, 1.165) is 44.9 Å². The lowest BCUT2D eigenvalue weighted by molar-refractivity contribution is -0.143. The number of ether oxygens (including phenoxy) is 1. The third-order valence-corrected chi connectivity index (χ3v) is 13.9. The summed E-state index contributed by atoms with van der Waals surface area (Å²) < 4.78 is 5.49. The van der Waals surface area contributed by atoms with Crippen molar-refractivity contribution in [2.75, 3.05) is 13.2 Å². The number of aliphatic hydroxyl groups excluding tert-OH is 2. The average Bonchev–Trinajstić information content (AvgIpc) is 3.34. The summed E-state index contributed by atoms with van der Waals surface area (Å²) in [7, 11) is 0. The fourth-order valence-corrected chi connectivity index (χ4v) is 9.21. The zero-order valence-electron chi connectivity index (χ0n) is 45.6. The molecule has 0 aliphatic rings. The van der Waals surface area contributed by atoms with Crippen molar-refractivity contribution < 1.29 is 24.5 Å². The Morgan fingerprint density at radius 1 is 0.397 bits per heavy atom. The van der Waals surface area contributed by atoms with Crippen molar-refractivity contribution in [3.63, 3.8) is 0 Å². The molecule has 0 aliphatic heterocycles. The molecule has 6 heteroatoms. The van der Waals surface area contributed by atoms with E-state index in [9.17, 15) is 19.8 Å². The summed E-state index contributed by atoms with van der Waals surface area (Å²) in [6.45, 7) is 4.88. The molecule has 1 amide bonds. The molecular weight excluding hydrogens is 839 g/mol. The maximum absolute atomic E-state index is 12.4. The number of unbranched alkanes of at least 4 members (excludes halogenated alkanes) is 41. The fraction of sp³-hybridized carbons (Fsp3) is 0.871. The van der Waals surface area contributed by atoms with E-state index in [2.05, 4.69) is 43.5 Å². The average molecular weight is 957 g/mol. The molecule has 0 aliphatic carbocycles. The summed E-state index contributed by atoms with van der Waals surface area (Å²) in [5, 5.41) is 22.9. The van der Waals surface area contributed by atoms with Crippen LogP contribution in [-0.2, 0) is 14.3 Å². The number of allylic oxidation sites excluding steroid dienone is 5. The Morgan fingerprint density at radius 2 is 0.691 bits per heavy atom. The SMILES string of the molecule is CCCCCCCCC/C=C\CCCCCCCCCC(=O)OCCCCCCCCCCCCCC/C=C\CCCCCCCCCCC(=O)NC(CO)C(O)/C=C/CCCCCCCCC. The Bertz CT molecular complexity index is 1100. The van der Waals surface area contributed by atoms with Crippen molar-refractivity contribution in [1.29, 1.82) is 0 Å². The summed E-state index contributed by atoms with van der Waals surface area (Å²) in [4.78, 5) is 24.5. The molecule has 0 saturated carbocycles. The molecule has 6 nitrogen and oxygen atoms in total. The van der Waals surface area contributed by atoms with E-state index in [0.29, 0.717) is 19.4 Å². The van der Waals surface area contributed by atoms with Crippen molar-refractivity contribution in [1.82, 2.24) is 5.32 Å². The number of hydrogen-bond donors (Lipinski definition) is 3. The maximum atomic E-state index is 12.4. The molecule has 400 valence electrons. The van der Waals surface area contributed by atoms with Crippen LogP contribution in [0.4, 0.5) is 0 Å². The molecule has 0 fully saturated rings. The molecule has 0 rings (SSSR count). The van der Waals surface area contributed by atoms with E-state index >= 15 is 0 Å². The van der Waals surface area contributed by atoms with Gasteiger partial charge < -0.3 is 20.3 Å². The van der Waals surface area contributed by atoms with Crippen molar-refractivity contribution in [2.24, 2.45) is 0 Å². The first-order valence-corrected chi connectivity index (χ1v) is 30.3. The molecule has 0 spiro atoms. The Labute approximate surface area is 424 Å². The molecule has 2 unspecified atom stereocenters. The Morgan fingerprint density at radius 3 is 1.04 bits per heavy atom. The van der Waals surface area contributed by atoms with Gasteiger partial charge in [-0.15, -0.1) is 0 Å². The van der Waals surface area contributed by atoms with Crippen LogP contribution in [0.1, 0.15) is 322 Å². The number of nitrogens with one attached hydrogen (secondary N) is 1. The standard InChI is InChI=1S/C62H117NO5/c1-3-5-7-9-11-13-14-15-16-17-27-30-33-36-40-44-48-52-56-62(67)68-57-53-49-45-41-37-34-31-28-25-23-21-19-18-20-22-24-26-29-32-35-39-43-47-51-55-61(66)63-59(58-64)60(65)54-50-46-42-38-12-10-8-6-4-2/h16-17,20,22,50,54,59-60,64-65H,3-15,18-19,21,23-49,51-53,55-58H2,1-2H3,(H,63,66)/b17-16-,22-20-,54-50+. The second-order valence-corrected chi connectivity index (χ2v) is 20.7. The van der Waals surface area contributed by atoms with E-state index in [1.54, 1.807) is 6.08 Å². The molecule has 0 heterocycles. The van der Waals surface area contributed by atoms with Gasteiger partial charge in [0.2, 0.25) is 5.91 Å². The first-order chi connectivity index (χ1) is 33.5. The first-order valence-electron chi connectivity index (χ1n) is 30.3. The van der Waals surface area contributed by atoms with E-state index in [-0.39, 0.29) is 18.5 Å². The minimum atomic E-state index is -0.845. The molecule has 0 bridgehead atoms. The van der Waals surface area contributed by atoms with Gasteiger partial charge in [0.15, 0.2) is 0 Å². The predicted octanol–water partition coefficient (Wildman–Crippen LogP) is 18.8. The Kier molecular flexibility index (Phi) is 56.0. The summed E-state index contributed by atoms with van der Waals surface area (Å²) in [5.41, 5.74) is 0. The smallest absolute Gasteiger partial charge is 0.305 e. The second-order valence-electron chi connectivity index (χ2n) is 20.7. The molecule has 3 N–H and O–H groups in total. The van der Waals surface area contributed by atoms with Gasteiger partial charge in [-0.1, -0.05) is 262 Å². The normalized spacial score (nSPS) is 12.8. The van der Waals surface area contributed by atoms with Crippen LogP contribution in [0.3, 0.4) is 0 Å². The van der Waals surface area contributed by atoms with Crippen LogP contribution < -0.4 is 5.32 Å². The van der Waals surface area contributed by atoms with Gasteiger partial charge in [0, 0.05) is 12.8 Å². The van der Waals surface area contributed by atoms with Gasteiger partial charge in [-0.3, -0.25) is 9.59 Å². The fourth-order valence-electron chi connectivity index (χ4n) is 9.21.